The number of hydrogen-bond donors (Lipinski definition) is 2. The summed E-state index contributed by atoms with van der Waals surface area (Å²) < 4.78 is 0. The van der Waals surface area contributed by atoms with Gasteiger partial charge in [0.2, 0.25) is 0 Å². The van der Waals surface area contributed by atoms with Crippen molar-refractivity contribution in [2.45, 2.75) is 78.2 Å². The van der Waals surface area contributed by atoms with E-state index in [1.807, 2.05) is 32.1 Å². The molecule has 1 aromatic carbocycles. The first-order chi connectivity index (χ1) is 14.6. The van der Waals surface area contributed by atoms with Gasteiger partial charge in [0, 0.05) is 11.3 Å². The van der Waals surface area contributed by atoms with Gasteiger partial charge in [0.25, 0.3) is 0 Å². The van der Waals surface area contributed by atoms with Crippen molar-refractivity contribution in [1.29, 1.82) is 0 Å². The largest absolute Gasteiger partial charge is 0.513 e. The predicted octanol–water partition coefficient (Wildman–Crippen LogP) is 7.73. The van der Waals surface area contributed by atoms with Crippen LogP contribution in [0.4, 0.5) is 0 Å². The molecule has 1 aromatic rings. The molecule has 31 heavy (non-hydrogen) atoms. The third kappa shape index (κ3) is 7.11. The minimum absolute atomic E-state index is 0.128. The molecule has 0 bridgehead atoms. The van der Waals surface area contributed by atoms with Crippen molar-refractivity contribution in [3.8, 4) is 0 Å². The van der Waals surface area contributed by atoms with Gasteiger partial charge in [-0.1, -0.05) is 102 Å². The highest BCUT2D eigenvalue weighted by molar-refractivity contribution is 5.44. The summed E-state index contributed by atoms with van der Waals surface area (Å²) in [7, 11) is 0. The molecule has 0 saturated heterocycles. The molecule has 2 unspecified atom stereocenters. The monoisotopic (exact) mass is 422 g/mol. The Morgan fingerprint density at radius 2 is 1.81 bits per heavy atom. The Labute approximate surface area is 190 Å². The molecule has 0 spiro atoms. The van der Waals surface area contributed by atoms with Gasteiger partial charge in [-0.05, 0) is 48.0 Å². The summed E-state index contributed by atoms with van der Waals surface area (Å²) >= 11 is 0. The Kier molecular flexibility index (Phi) is 10.3. The van der Waals surface area contributed by atoms with Gasteiger partial charge in [0.1, 0.15) is 0 Å². The lowest BCUT2D eigenvalue weighted by molar-refractivity contribution is 0.214. The van der Waals surface area contributed by atoms with Crippen LogP contribution in [0.2, 0.25) is 0 Å². The van der Waals surface area contributed by atoms with Crippen LogP contribution in [0.3, 0.4) is 0 Å². The van der Waals surface area contributed by atoms with Crippen molar-refractivity contribution >= 4 is 0 Å². The van der Waals surface area contributed by atoms with E-state index >= 15 is 0 Å². The lowest BCUT2D eigenvalue weighted by Gasteiger charge is -2.34. The average Bonchev–Trinajstić information content (AvgIpc) is 2.97. The minimum Gasteiger partial charge on any atom is -0.513 e. The summed E-state index contributed by atoms with van der Waals surface area (Å²) in [6, 6.07) is 8.80. The van der Waals surface area contributed by atoms with Crippen LogP contribution in [0.1, 0.15) is 72.4 Å². The number of hydrogen-bond acceptors (Lipinski definition) is 2. The van der Waals surface area contributed by atoms with Gasteiger partial charge >= 0.3 is 0 Å². The van der Waals surface area contributed by atoms with Crippen molar-refractivity contribution in [2.75, 3.05) is 0 Å². The molecule has 2 nitrogen and oxygen atoms in total. The second kappa shape index (κ2) is 11.9. The molecular weight excluding hydrogens is 380 g/mol. The highest BCUT2D eigenvalue weighted by Gasteiger charge is 2.30. The number of allylic oxidation sites excluding steroid dienone is 8. The quantitative estimate of drug-likeness (QED) is 0.268. The summed E-state index contributed by atoms with van der Waals surface area (Å²) in [5.74, 6) is 0.420. The van der Waals surface area contributed by atoms with Gasteiger partial charge in [-0.2, -0.15) is 0 Å². The second-order valence-corrected chi connectivity index (χ2v) is 9.05. The predicted molar refractivity (Wildman–Crippen MR) is 136 cm³/mol. The molecule has 0 heterocycles. The standard InChI is InChI=1S/C27H36O2.C2H6/c1-7-21(12-8-11-20(2)28)26(3,4)23-14-9-15-24(19-23)27(5,6)22-13-10-16-25(29)18-17-22;1-2/h7-9,11-15,17-19,21,25,28-29H,1,10,16H2,2-6H3;1-2H3/b12-8?,20-11+;. The molecule has 0 amide bonds. The highest BCUT2D eigenvalue weighted by Crippen LogP contribution is 2.39. The molecule has 2 atom stereocenters. The number of aliphatic hydroxyl groups excluding tert-OH is 2. The third-order valence-electron chi connectivity index (χ3n) is 6.12. The van der Waals surface area contributed by atoms with E-state index < -0.39 is 0 Å². The molecule has 1 aliphatic rings. The Bertz CT molecular complexity index is 830. The van der Waals surface area contributed by atoms with Crippen molar-refractivity contribution in [2.24, 2.45) is 5.92 Å². The molecule has 2 heteroatoms. The Balaban J connectivity index is 0.00000233. The van der Waals surface area contributed by atoms with Crippen molar-refractivity contribution < 1.29 is 10.2 Å². The normalized spacial score (nSPS) is 18.6. The van der Waals surface area contributed by atoms with E-state index in [-0.39, 0.29) is 22.9 Å². The van der Waals surface area contributed by atoms with Gasteiger partial charge in [0.05, 0.1) is 11.9 Å². The maximum atomic E-state index is 9.93. The molecular formula is C29H42O2. The number of benzene rings is 1. The van der Waals surface area contributed by atoms with Crippen LogP contribution in [0.15, 0.2) is 84.7 Å². The Hall–Kier alpha value is -2.32. The summed E-state index contributed by atoms with van der Waals surface area (Å²) in [6.45, 7) is 18.6. The summed E-state index contributed by atoms with van der Waals surface area (Å²) in [5.41, 5.74) is 3.45. The van der Waals surface area contributed by atoms with Crippen molar-refractivity contribution in [3.63, 3.8) is 0 Å². The van der Waals surface area contributed by atoms with E-state index in [0.717, 1.165) is 12.8 Å². The van der Waals surface area contributed by atoms with Crippen LogP contribution < -0.4 is 0 Å². The first-order valence-electron chi connectivity index (χ1n) is 11.4. The maximum Gasteiger partial charge on any atom is 0.0891 e. The zero-order chi connectivity index (χ0) is 23.7. The second-order valence-electron chi connectivity index (χ2n) is 9.05. The third-order valence-corrected chi connectivity index (χ3v) is 6.12. The summed E-state index contributed by atoms with van der Waals surface area (Å²) in [6.07, 6.45) is 15.2. The van der Waals surface area contributed by atoms with E-state index in [2.05, 4.69) is 76.8 Å². The smallest absolute Gasteiger partial charge is 0.0891 e. The van der Waals surface area contributed by atoms with Crippen molar-refractivity contribution in [1.82, 2.24) is 0 Å². The lowest BCUT2D eigenvalue weighted by atomic mass is 9.70. The molecule has 1 aliphatic carbocycles. The van der Waals surface area contributed by atoms with E-state index in [0.29, 0.717) is 5.76 Å². The first-order valence-corrected chi connectivity index (χ1v) is 11.4. The zero-order valence-electron chi connectivity index (χ0n) is 20.5. The summed E-state index contributed by atoms with van der Waals surface area (Å²) in [5, 5.41) is 19.3. The Morgan fingerprint density at radius 3 is 2.42 bits per heavy atom. The maximum absolute atomic E-state index is 9.93. The number of rotatable bonds is 7. The van der Waals surface area contributed by atoms with E-state index in [4.69, 9.17) is 0 Å². The number of aliphatic hydroxyl groups is 2. The SMILES string of the molecule is C=CC(C=C/C=C(\C)O)C(C)(C)c1cccc(C(C)(C)C2=CCCC(O)C=C2)c1.CC. The van der Waals surface area contributed by atoms with E-state index in [1.165, 1.54) is 16.7 Å². The fourth-order valence-electron chi connectivity index (χ4n) is 3.85. The summed E-state index contributed by atoms with van der Waals surface area (Å²) in [4.78, 5) is 0. The molecule has 0 radical (unpaired) electrons. The van der Waals surface area contributed by atoms with Gasteiger partial charge in [-0.3, -0.25) is 0 Å². The highest BCUT2D eigenvalue weighted by atomic mass is 16.3. The molecule has 0 saturated carbocycles. The molecule has 0 aromatic heterocycles. The van der Waals surface area contributed by atoms with Gasteiger partial charge < -0.3 is 10.2 Å². The van der Waals surface area contributed by atoms with E-state index in [1.54, 1.807) is 13.0 Å². The average molecular weight is 423 g/mol. The Morgan fingerprint density at radius 1 is 1.16 bits per heavy atom. The van der Waals surface area contributed by atoms with Crippen LogP contribution in [0.5, 0.6) is 0 Å². The topological polar surface area (TPSA) is 40.5 Å². The lowest BCUT2D eigenvalue weighted by Crippen LogP contribution is -2.27. The van der Waals surface area contributed by atoms with E-state index in [9.17, 15) is 10.2 Å². The van der Waals surface area contributed by atoms with Gasteiger partial charge in [0.15, 0.2) is 0 Å². The fourth-order valence-corrected chi connectivity index (χ4v) is 3.85. The molecule has 0 aliphatic heterocycles. The van der Waals surface area contributed by atoms with Crippen LogP contribution in [0, 0.1) is 5.92 Å². The fraction of sp³-hybridized carbons (Fsp3) is 0.448. The zero-order valence-corrected chi connectivity index (χ0v) is 20.5. The first kappa shape index (κ1) is 26.7. The van der Waals surface area contributed by atoms with Gasteiger partial charge in [-0.15, -0.1) is 6.58 Å². The van der Waals surface area contributed by atoms with Crippen LogP contribution >= 0.6 is 0 Å². The molecule has 0 fully saturated rings. The van der Waals surface area contributed by atoms with Crippen LogP contribution in [-0.2, 0) is 10.8 Å². The molecule has 170 valence electrons. The van der Waals surface area contributed by atoms with Crippen LogP contribution in [-0.4, -0.2) is 16.3 Å². The molecule has 2 rings (SSSR count). The van der Waals surface area contributed by atoms with Gasteiger partial charge in [-0.25, -0.2) is 0 Å². The van der Waals surface area contributed by atoms with Crippen molar-refractivity contribution in [3.05, 3.63) is 95.8 Å². The minimum atomic E-state index is -0.360. The van der Waals surface area contributed by atoms with Crippen LogP contribution in [0.25, 0.3) is 0 Å². The molecule has 2 N–H and O–H groups in total.